The predicted molar refractivity (Wildman–Crippen MR) is 113 cm³/mol. The molecule has 1 atom stereocenters. The molecule has 0 spiro atoms. The van der Waals surface area contributed by atoms with Crippen LogP contribution in [0.15, 0.2) is 0 Å². The Morgan fingerprint density at radius 2 is 1.10 bits per heavy atom. The van der Waals surface area contributed by atoms with E-state index >= 15 is 0 Å². The molecule has 174 valence electrons. The summed E-state index contributed by atoms with van der Waals surface area (Å²) in [6, 6.07) is 0. The molecule has 0 saturated carbocycles. The summed E-state index contributed by atoms with van der Waals surface area (Å²) >= 11 is 0. The third kappa shape index (κ3) is 24.9. The van der Waals surface area contributed by atoms with E-state index in [0.29, 0.717) is 0 Å². The Morgan fingerprint density at radius 3 is 1.41 bits per heavy atom. The van der Waals surface area contributed by atoms with Crippen LogP contribution >= 0.6 is 0 Å². The number of aliphatic hydroxyl groups is 4. The lowest BCUT2D eigenvalue weighted by atomic mass is 10.0. The second-order valence-corrected chi connectivity index (χ2v) is 7.48. The molecule has 0 amide bonds. The summed E-state index contributed by atoms with van der Waals surface area (Å²) in [5.74, 6) is -1.39. The van der Waals surface area contributed by atoms with Gasteiger partial charge in [-0.05, 0) is 13.3 Å². The van der Waals surface area contributed by atoms with E-state index in [-0.39, 0.29) is 19.6 Å². The van der Waals surface area contributed by atoms with E-state index in [0.717, 1.165) is 19.3 Å². The standard InChI is InChI=1S/C19H36O4.C3H8O3/c1-3-4-5-6-7-8-9-10-11-12-13-14-15-16-18(21)23-19(22)17(2)20;4-1-3(6)2-5/h17,20H,3-16H2,1-2H3;3-6H,1-2H2. The Labute approximate surface area is 176 Å². The minimum absolute atomic E-state index is 0.260. The highest BCUT2D eigenvalue weighted by Gasteiger charge is 2.14. The molecule has 0 heterocycles. The zero-order chi connectivity index (χ0) is 22.3. The maximum atomic E-state index is 11.3. The van der Waals surface area contributed by atoms with E-state index in [2.05, 4.69) is 11.7 Å². The minimum atomic E-state index is -1.23. The van der Waals surface area contributed by atoms with Crippen molar-refractivity contribution < 1.29 is 34.8 Å². The minimum Gasteiger partial charge on any atom is -0.394 e. The maximum absolute atomic E-state index is 11.3. The van der Waals surface area contributed by atoms with Crippen molar-refractivity contribution in [1.82, 2.24) is 0 Å². The van der Waals surface area contributed by atoms with E-state index in [4.69, 9.17) is 20.4 Å². The van der Waals surface area contributed by atoms with Gasteiger partial charge in [0.25, 0.3) is 0 Å². The number of rotatable bonds is 17. The molecule has 0 aliphatic carbocycles. The molecule has 0 bridgehead atoms. The fourth-order valence-corrected chi connectivity index (χ4v) is 2.59. The van der Waals surface area contributed by atoms with Crippen LogP contribution < -0.4 is 0 Å². The van der Waals surface area contributed by atoms with Gasteiger partial charge in [0.15, 0.2) is 0 Å². The van der Waals surface area contributed by atoms with Crippen LogP contribution in [-0.2, 0) is 14.3 Å². The third-order valence-corrected chi connectivity index (χ3v) is 4.46. The van der Waals surface area contributed by atoms with E-state index < -0.39 is 24.1 Å². The molecule has 0 aliphatic rings. The van der Waals surface area contributed by atoms with Crippen LogP contribution in [0.5, 0.6) is 0 Å². The maximum Gasteiger partial charge on any atom is 0.342 e. The van der Waals surface area contributed by atoms with E-state index in [1.54, 1.807) is 0 Å². The number of hydrogen-bond donors (Lipinski definition) is 4. The van der Waals surface area contributed by atoms with E-state index in [1.165, 1.54) is 71.1 Å². The van der Waals surface area contributed by atoms with Crippen molar-refractivity contribution in [3.8, 4) is 0 Å². The normalized spacial score (nSPS) is 11.7. The van der Waals surface area contributed by atoms with Crippen LogP contribution in [-0.4, -0.2) is 57.8 Å². The molecule has 0 rings (SSSR count). The second-order valence-electron chi connectivity index (χ2n) is 7.48. The average molecular weight is 421 g/mol. The lowest BCUT2D eigenvalue weighted by Crippen LogP contribution is -2.22. The Hall–Kier alpha value is -1.02. The van der Waals surface area contributed by atoms with Crippen molar-refractivity contribution in [2.24, 2.45) is 0 Å². The number of carbonyl (C=O) groups is 2. The van der Waals surface area contributed by atoms with Gasteiger partial charge in [-0.1, -0.05) is 84.0 Å². The van der Waals surface area contributed by atoms with Gasteiger partial charge in [-0.25, -0.2) is 4.79 Å². The smallest absolute Gasteiger partial charge is 0.342 e. The van der Waals surface area contributed by atoms with Crippen LogP contribution in [0.25, 0.3) is 0 Å². The molecule has 7 heteroatoms. The van der Waals surface area contributed by atoms with Gasteiger partial charge in [0.2, 0.25) is 0 Å². The number of unbranched alkanes of at least 4 members (excludes halogenated alkanes) is 12. The highest BCUT2D eigenvalue weighted by molar-refractivity contribution is 5.87. The summed E-state index contributed by atoms with van der Waals surface area (Å²) in [7, 11) is 0. The quantitative estimate of drug-likeness (QED) is 0.162. The molecule has 0 aromatic heterocycles. The summed E-state index contributed by atoms with van der Waals surface area (Å²) < 4.78 is 4.49. The van der Waals surface area contributed by atoms with Crippen LogP contribution in [0.3, 0.4) is 0 Å². The van der Waals surface area contributed by atoms with Crippen molar-refractivity contribution in [3.63, 3.8) is 0 Å². The number of hydrogen-bond acceptors (Lipinski definition) is 7. The van der Waals surface area contributed by atoms with Crippen molar-refractivity contribution >= 4 is 11.9 Å². The molecule has 0 aromatic carbocycles. The zero-order valence-electron chi connectivity index (χ0n) is 18.5. The highest BCUT2D eigenvalue weighted by Crippen LogP contribution is 2.13. The summed E-state index contributed by atoms with van der Waals surface area (Å²) in [4.78, 5) is 22.3. The summed E-state index contributed by atoms with van der Waals surface area (Å²) in [6.45, 7) is 2.81. The zero-order valence-corrected chi connectivity index (χ0v) is 18.5. The lowest BCUT2D eigenvalue weighted by Gasteiger charge is -2.05. The molecule has 0 saturated heterocycles. The van der Waals surface area contributed by atoms with Crippen molar-refractivity contribution in [2.75, 3.05) is 13.2 Å². The summed E-state index contributed by atoms with van der Waals surface area (Å²) in [5.41, 5.74) is 0. The van der Waals surface area contributed by atoms with Gasteiger partial charge in [0.1, 0.15) is 12.2 Å². The van der Waals surface area contributed by atoms with Crippen molar-refractivity contribution in [1.29, 1.82) is 0 Å². The third-order valence-electron chi connectivity index (χ3n) is 4.46. The molecule has 0 aromatic rings. The Morgan fingerprint density at radius 1 is 0.724 bits per heavy atom. The van der Waals surface area contributed by atoms with Gasteiger partial charge >= 0.3 is 11.9 Å². The van der Waals surface area contributed by atoms with Crippen LogP contribution in [0.1, 0.15) is 104 Å². The topological polar surface area (TPSA) is 124 Å². The Bertz CT molecular complexity index is 368. The summed E-state index contributed by atoms with van der Waals surface area (Å²) in [6.07, 6.45) is 14.3. The molecular weight excluding hydrogens is 376 g/mol. The second kappa shape index (κ2) is 23.3. The molecule has 1 unspecified atom stereocenters. The Kier molecular flexibility index (Phi) is 24.2. The van der Waals surface area contributed by atoms with Gasteiger partial charge in [0.05, 0.1) is 13.2 Å². The molecule has 0 aliphatic heterocycles. The molecule has 4 N–H and O–H groups in total. The molecule has 0 fully saturated rings. The SMILES string of the molecule is CCCCCCCCCCCCCCCC(=O)OC(=O)C(C)O.OCC(O)CO. The van der Waals surface area contributed by atoms with Crippen molar-refractivity contribution in [2.45, 2.75) is 116 Å². The fraction of sp³-hybridized carbons (Fsp3) is 0.909. The first kappa shape index (κ1) is 30.2. The van der Waals surface area contributed by atoms with E-state index in [1.807, 2.05) is 0 Å². The number of aliphatic hydroxyl groups excluding tert-OH is 4. The monoisotopic (exact) mass is 420 g/mol. The van der Waals surface area contributed by atoms with Gasteiger partial charge in [0, 0.05) is 6.42 Å². The van der Waals surface area contributed by atoms with Crippen molar-refractivity contribution in [3.05, 3.63) is 0 Å². The Balaban J connectivity index is 0. The van der Waals surface area contributed by atoms with Crippen LogP contribution in [0, 0.1) is 0 Å². The first-order valence-electron chi connectivity index (χ1n) is 11.2. The molecular formula is C22H44O7. The average Bonchev–Trinajstić information content (AvgIpc) is 2.71. The predicted octanol–water partition coefficient (Wildman–Crippen LogP) is 3.25. The number of ether oxygens (including phenoxy) is 1. The van der Waals surface area contributed by atoms with Crippen LogP contribution in [0.4, 0.5) is 0 Å². The van der Waals surface area contributed by atoms with Crippen LogP contribution in [0.2, 0.25) is 0 Å². The highest BCUT2D eigenvalue weighted by atomic mass is 16.6. The molecule has 29 heavy (non-hydrogen) atoms. The number of esters is 2. The van der Waals surface area contributed by atoms with Gasteiger partial charge in [-0.2, -0.15) is 0 Å². The van der Waals surface area contributed by atoms with E-state index in [9.17, 15) is 9.59 Å². The lowest BCUT2D eigenvalue weighted by molar-refractivity contribution is -0.165. The first-order valence-corrected chi connectivity index (χ1v) is 11.2. The largest absolute Gasteiger partial charge is 0.394 e. The van der Waals surface area contributed by atoms with Gasteiger partial charge in [-0.3, -0.25) is 4.79 Å². The van der Waals surface area contributed by atoms with Gasteiger partial charge in [-0.15, -0.1) is 0 Å². The van der Waals surface area contributed by atoms with Gasteiger partial charge < -0.3 is 25.2 Å². The molecule has 7 nitrogen and oxygen atoms in total. The number of carbonyl (C=O) groups excluding carboxylic acids is 2. The summed E-state index contributed by atoms with van der Waals surface area (Å²) in [5, 5.41) is 32.9. The first-order chi connectivity index (χ1) is 13.9. The fourth-order valence-electron chi connectivity index (χ4n) is 2.59. The molecule has 0 radical (unpaired) electrons.